The topological polar surface area (TPSA) is 0 Å². The van der Waals surface area contributed by atoms with Gasteiger partial charge in [-0.15, -0.1) is 0 Å². The third kappa shape index (κ3) is 5.00. The summed E-state index contributed by atoms with van der Waals surface area (Å²) in [6, 6.07) is 21.6. The predicted octanol–water partition coefficient (Wildman–Crippen LogP) is 9.40. The van der Waals surface area contributed by atoms with Gasteiger partial charge in [0, 0.05) is 0 Å². The normalized spacial score (nSPS) is 18.8. The Bertz CT molecular complexity index is 1090. The van der Waals surface area contributed by atoms with Gasteiger partial charge in [-0.3, -0.25) is 0 Å². The first kappa shape index (κ1) is 30.8. The molecule has 198 valence electrons. The van der Waals surface area contributed by atoms with E-state index in [1.807, 2.05) is 0 Å². The SMILES string of the molecule is C[Si](C)(C)[C]1([Si](C)(C)C)CC[C]([Si](C)(C)C)([Si](C)(C)C)[Sn]1([C]#Cc1ccccc1)[C]#Cc1ccccc1. The average molecular weight is 666 g/mol. The van der Waals surface area contributed by atoms with Crippen LogP contribution in [0.15, 0.2) is 60.7 Å². The number of hydrogen-bond acceptors (Lipinski definition) is 0. The molecule has 1 heterocycles. The van der Waals surface area contributed by atoms with E-state index in [1.165, 1.54) is 24.0 Å². The molecule has 2 aromatic rings. The first-order chi connectivity index (χ1) is 16.9. The Balaban J connectivity index is 2.64. The number of rotatable bonds is 4. The molecule has 1 fully saturated rings. The van der Waals surface area contributed by atoms with Crippen molar-refractivity contribution in [1.82, 2.24) is 0 Å². The molecule has 0 radical (unpaired) electrons. The van der Waals surface area contributed by atoms with E-state index in [2.05, 4.69) is 159 Å². The van der Waals surface area contributed by atoms with Gasteiger partial charge in [0.05, 0.1) is 0 Å². The van der Waals surface area contributed by atoms with E-state index in [1.54, 1.807) is 0 Å². The van der Waals surface area contributed by atoms with Crippen molar-refractivity contribution in [2.75, 3.05) is 0 Å². The second kappa shape index (κ2) is 10.3. The van der Waals surface area contributed by atoms with Gasteiger partial charge in [0.2, 0.25) is 0 Å². The van der Waals surface area contributed by atoms with Crippen LogP contribution in [0.3, 0.4) is 0 Å². The van der Waals surface area contributed by atoms with Gasteiger partial charge in [0.15, 0.2) is 0 Å². The van der Waals surface area contributed by atoms with E-state index in [0.29, 0.717) is 5.35 Å². The molecule has 1 aliphatic heterocycles. The Labute approximate surface area is 237 Å². The van der Waals surface area contributed by atoms with Crippen molar-refractivity contribution in [2.45, 2.75) is 96.8 Å². The van der Waals surface area contributed by atoms with E-state index < -0.39 is 50.7 Å². The van der Waals surface area contributed by atoms with Crippen LogP contribution in [0.5, 0.6) is 0 Å². The van der Waals surface area contributed by atoms with E-state index >= 15 is 0 Å². The summed E-state index contributed by atoms with van der Waals surface area (Å²) in [4.78, 5) is 0. The summed E-state index contributed by atoms with van der Waals surface area (Å²) in [5.74, 6) is 7.78. The summed E-state index contributed by atoms with van der Waals surface area (Å²) in [5.41, 5.74) is 2.35. The Morgan fingerprint density at radius 3 is 1.00 bits per heavy atom. The summed E-state index contributed by atoms with van der Waals surface area (Å²) < 4.78 is 9.63. The Kier molecular flexibility index (Phi) is 8.58. The van der Waals surface area contributed by atoms with Gasteiger partial charge in [-0.25, -0.2) is 0 Å². The van der Waals surface area contributed by atoms with Crippen molar-refractivity contribution in [3.8, 4) is 19.7 Å². The van der Waals surface area contributed by atoms with Crippen molar-refractivity contribution >= 4 is 50.7 Å². The Hall–Kier alpha value is -0.774. The Morgan fingerprint density at radius 1 is 0.486 bits per heavy atom. The van der Waals surface area contributed by atoms with Crippen LogP contribution in [0.4, 0.5) is 0 Å². The maximum atomic E-state index is 4.41. The summed E-state index contributed by atoms with van der Waals surface area (Å²) in [5, 5.41) is 0. The van der Waals surface area contributed by atoms with Gasteiger partial charge in [-0.05, 0) is 0 Å². The monoisotopic (exact) mass is 666 g/mol. The number of benzene rings is 2. The molecule has 37 heavy (non-hydrogen) atoms. The van der Waals surface area contributed by atoms with Crippen molar-refractivity contribution in [3.05, 3.63) is 71.8 Å². The van der Waals surface area contributed by atoms with Gasteiger partial charge >= 0.3 is 239 Å². The molecule has 2 aromatic carbocycles. The van der Waals surface area contributed by atoms with Crippen LogP contribution < -0.4 is 0 Å². The molecule has 0 spiro atoms. The van der Waals surface area contributed by atoms with E-state index in [-0.39, 0.29) is 0 Å². The fourth-order valence-electron chi connectivity index (χ4n) is 8.95. The molecule has 0 amide bonds. The third-order valence-electron chi connectivity index (χ3n) is 9.61. The summed E-state index contributed by atoms with van der Waals surface area (Å²) in [7, 11) is -6.69. The summed E-state index contributed by atoms with van der Waals surface area (Å²) in [6.45, 7) is 32.3. The van der Waals surface area contributed by atoms with Crippen LogP contribution in [0.2, 0.25) is 83.9 Å². The van der Waals surface area contributed by atoms with Gasteiger partial charge in [-0.1, -0.05) is 0 Å². The van der Waals surface area contributed by atoms with Gasteiger partial charge in [0.25, 0.3) is 0 Å². The summed E-state index contributed by atoms with van der Waals surface area (Å²) >= 11 is -3.73. The van der Waals surface area contributed by atoms with E-state index in [0.717, 1.165) is 0 Å². The maximum absolute atomic E-state index is 4.41. The van der Waals surface area contributed by atoms with E-state index in [9.17, 15) is 0 Å². The average Bonchev–Trinajstić information content (AvgIpc) is 3.11. The van der Waals surface area contributed by atoms with Crippen LogP contribution in [0.25, 0.3) is 0 Å². The second-order valence-electron chi connectivity index (χ2n) is 15.3. The van der Waals surface area contributed by atoms with Gasteiger partial charge < -0.3 is 0 Å². The molecule has 1 aliphatic rings. The fourth-order valence-corrected chi connectivity index (χ4v) is 95.4. The van der Waals surface area contributed by atoms with Crippen molar-refractivity contribution in [3.63, 3.8) is 0 Å². The quantitative estimate of drug-likeness (QED) is 0.226. The first-order valence-electron chi connectivity index (χ1n) is 14.0. The molecule has 5 heteroatoms. The number of hydrogen-bond donors (Lipinski definition) is 0. The zero-order valence-corrected chi connectivity index (χ0v) is 32.5. The molecule has 0 bridgehead atoms. The third-order valence-corrected chi connectivity index (χ3v) is 77.2. The van der Waals surface area contributed by atoms with Crippen LogP contribution in [0.1, 0.15) is 24.0 Å². The molecule has 0 aliphatic carbocycles. The van der Waals surface area contributed by atoms with Crippen molar-refractivity contribution in [1.29, 1.82) is 0 Å². The van der Waals surface area contributed by atoms with Crippen LogP contribution in [0, 0.1) is 19.7 Å². The van der Waals surface area contributed by atoms with Crippen LogP contribution >= 0.6 is 0 Å². The second-order valence-corrected chi connectivity index (χ2v) is 54.0. The predicted molar refractivity (Wildman–Crippen MR) is 180 cm³/mol. The molecular weight excluding hydrogens is 615 g/mol. The molecule has 0 aromatic heterocycles. The minimum atomic E-state index is -3.73. The zero-order valence-electron chi connectivity index (χ0n) is 25.7. The molecule has 1 saturated heterocycles. The fraction of sp³-hybridized carbons (Fsp3) is 0.500. The van der Waals surface area contributed by atoms with Gasteiger partial charge in [0.1, 0.15) is 0 Å². The molecule has 0 nitrogen and oxygen atoms in total. The molecule has 3 rings (SSSR count). The minimum absolute atomic E-state index is 0.402. The standard InChI is InChI=1S/C16H40Si4.2C8H5.Sn/c1-17(2,3)15(18(4,5)6)13-14-16(19(7,8)9)20(10,11)12;2*1-2-8-6-4-3-5-7-8;/h13-14H2,1-12H3;2*3-7H;. The molecule has 0 atom stereocenters. The Morgan fingerprint density at radius 2 is 0.757 bits per heavy atom. The van der Waals surface area contributed by atoms with Crippen LogP contribution in [-0.4, -0.2) is 50.7 Å². The van der Waals surface area contributed by atoms with Crippen molar-refractivity contribution < 1.29 is 0 Å². The van der Waals surface area contributed by atoms with E-state index in [4.69, 9.17) is 0 Å². The first-order valence-corrected chi connectivity index (χ1v) is 33.7. The summed E-state index contributed by atoms with van der Waals surface area (Å²) in [6.07, 6.45) is 2.77. The zero-order chi connectivity index (χ0) is 28.0. The molecular formula is C32H50Si4Sn. The molecule has 0 unspecified atom stereocenters. The van der Waals surface area contributed by atoms with Crippen molar-refractivity contribution in [2.24, 2.45) is 0 Å². The molecule has 0 saturated carbocycles. The van der Waals surface area contributed by atoms with Gasteiger partial charge in [-0.2, -0.15) is 0 Å². The molecule has 0 N–H and O–H groups in total. The van der Waals surface area contributed by atoms with Crippen LogP contribution in [-0.2, 0) is 0 Å².